The number of halogens is 1. The van der Waals surface area contributed by atoms with Crippen LogP contribution in [-0.2, 0) is 9.59 Å². The van der Waals surface area contributed by atoms with Crippen molar-refractivity contribution in [1.82, 2.24) is 16.0 Å². The van der Waals surface area contributed by atoms with Crippen LogP contribution in [0.3, 0.4) is 0 Å². The van der Waals surface area contributed by atoms with Gasteiger partial charge in [0.1, 0.15) is 6.04 Å². The van der Waals surface area contributed by atoms with Crippen molar-refractivity contribution >= 4 is 27.7 Å². The molecule has 0 aliphatic carbocycles. The molecule has 3 N–H and O–H groups in total. The molecule has 1 aromatic carbocycles. The van der Waals surface area contributed by atoms with Crippen LogP contribution in [0, 0.1) is 0 Å². The molecule has 0 aromatic heterocycles. The smallest absolute Gasteiger partial charge is 0.239 e. The van der Waals surface area contributed by atoms with Gasteiger partial charge in [0, 0.05) is 11.0 Å². The molecule has 5 nitrogen and oxygen atoms in total. The Morgan fingerprint density at radius 2 is 2.21 bits per heavy atom. The fraction of sp³-hybridized carbons (Fsp3) is 0.385. The second kappa shape index (κ2) is 6.16. The lowest BCUT2D eigenvalue weighted by molar-refractivity contribution is -0.127. The number of hydrogen-bond donors (Lipinski definition) is 3. The highest BCUT2D eigenvalue weighted by molar-refractivity contribution is 9.10. The maximum Gasteiger partial charge on any atom is 0.239 e. The van der Waals surface area contributed by atoms with Crippen molar-refractivity contribution in [2.45, 2.75) is 19.0 Å². The van der Waals surface area contributed by atoms with Gasteiger partial charge in [0.05, 0.1) is 12.6 Å². The fourth-order valence-electron chi connectivity index (χ4n) is 1.97. The molecule has 1 heterocycles. The third kappa shape index (κ3) is 3.54. The Morgan fingerprint density at radius 3 is 2.84 bits per heavy atom. The van der Waals surface area contributed by atoms with E-state index in [1.54, 1.807) is 0 Å². The molecular weight excluding hydrogens is 310 g/mol. The van der Waals surface area contributed by atoms with E-state index in [0.29, 0.717) is 6.54 Å². The maximum absolute atomic E-state index is 12.1. The minimum Gasteiger partial charge on any atom is -0.353 e. The quantitative estimate of drug-likeness (QED) is 0.766. The predicted molar refractivity (Wildman–Crippen MR) is 75.5 cm³/mol. The summed E-state index contributed by atoms with van der Waals surface area (Å²) in [7, 11) is 0. The molecule has 2 rings (SSSR count). The largest absolute Gasteiger partial charge is 0.353 e. The average molecular weight is 326 g/mol. The van der Waals surface area contributed by atoms with Crippen molar-refractivity contribution in [1.29, 1.82) is 0 Å². The highest BCUT2D eigenvalue weighted by atomic mass is 79.9. The van der Waals surface area contributed by atoms with Crippen molar-refractivity contribution in [3.63, 3.8) is 0 Å². The number of benzene rings is 1. The number of rotatable bonds is 3. The first-order chi connectivity index (χ1) is 9.08. The van der Waals surface area contributed by atoms with Gasteiger partial charge in [0.25, 0.3) is 0 Å². The van der Waals surface area contributed by atoms with Crippen LogP contribution >= 0.6 is 15.9 Å². The second-order valence-electron chi connectivity index (χ2n) is 4.49. The first-order valence-electron chi connectivity index (χ1n) is 6.13. The SMILES string of the molecule is C[C@@H](NC(=O)C1CNC(=O)CN1)c1ccccc1Br. The molecule has 0 saturated carbocycles. The molecule has 2 atom stereocenters. The van der Waals surface area contributed by atoms with E-state index in [9.17, 15) is 9.59 Å². The molecule has 19 heavy (non-hydrogen) atoms. The van der Waals surface area contributed by atoms with Crippen LogP contribution in [0.4, 0.5) is 0 Å². The van der Waals surface area contributed by atoms with Gasteiger partial charge in [0.2, 0.25) is 11.8 Å². The molecule has 1 aliphatic heterocycles. The summed E-state index contributed by atoms with van der Waals surface area (Å²) in [6, 6.07) is 7.30. The van der Waals surface area contributed by atoms with Crippen LogP contribution in [0.5, 0.6) is 0 Å². The number of carbonyl (C=O) groups excluding carboxylic acids is 2. The third-order valence-corrected chi connectivity index (χ3v) is 3.78. The molecular formula is C13H16BrN3O2. The lowest BCUT2D eigenvalue weighted by atomic mass is 10.1. The summed E-state index contributed by atoms with van der Waals surface area (Å²) >= 11 is 3.47. The van der Waals surface area contributed by atoms with Gasteiger partial charge in [-0.2, -0.15) is 0 Å². The van der Waals surface area contributed by atoms with E-state index in [1.165, 1.54) is 0 Å². The summed E-state index contributed by atoms with van der Waals surface area (Å²) in [4.78, 5) is 23.1. The lowest BCUT2D eigenvalue weighted by Gasteiger charge is -2.25. The minimum atomic E-state index is -0.373. The van der Waals surface area contributed by atoms with Gasteiger partial charge in [-0.05, 0) is 18.6 Å². The van der Waals surface area contributed by atoms with Gasteiger partial charge in [-0.25, -0.2) is 0 Å². The Kier molecular flexibility index (Phi) is 4.55. The zero-order valence-electron chi connectivity index (χ0n) is 10.6. The zero-order valence-corrected chi connectivity index (χ0v) is 12.2. The highest BCUT2D eigenvalue weighted by Crippen LogP contribution is 2.22. The van der Waals surface area contributed by atoms with Gasteiger partial charge < -0.3 is 10.6 Å². The summed E-state index contributed by atoms with van der Waals surface area (Å²) in [5.74, 6) is -0.189. The van der Waals surface area contributed by atoms with E-state index in [1.807, 2.05) is 31.2 Å². The zero-order chi connectivity index (χ0) is 13.8. The van der Waals surface area contributed by atoms with Crippen LogP contribution < -0.4 is 16.0 Å². The fourth-order valence-corrected chi connectivity index (χ4v) is 2.60. The van der Waals surface area contributed by atoms with Gasteiger partial charge >= 0.3 is 0 Å². The summed E-state index contributed by atoms with van der Waals surface area (Å²) in [5.41, 5.74) is 1.02. The molecule has 1 saturated heterocycles. The van der Waals surface area contributed by atoms with Crippen molar-refractivity contribution < 1.29 is 9.59 Å². The van der Waals surface area contributed by atoms with E-state index in [-0.39, 0.29) is 30.4 Å². The van der Waals surface area contributed by atoms with Crippen LogP contribution in [0.1, 0.15) is 18.5 Å². The number of amides is 2. The van der Waals surface area contributed by atoms with E-state index >= 15 is 0 Å². The van der Waals surface area contributed by atoms with Gasteiger partial charge in [0.15, 0.2) is 0 Å². The summed E-state index contributed by atoms with van der Waals surface area (Å²) < 4.78 is 0.965. The van der Waals surface area contributed by atoms with Crippen LogP contribution in [0.2, 0.25) is 0 Å². The van der Waals surface area contributed by atoms with Crippen molar-refractivity contribution in [2.75, 3.05) is 13.1 Å². The van der Waals surface area contributed by atoms with Gasteiger partial charge in [-0.15, -0.1) is 0 Å². The molecule has 1 fully saturated rings. The molecule has 0 radical (unpaired) electrons. The van der Waals surface area contributed by atoms with Crippen molar-refractivity contribution in [2.24, 2.45) is 0 Å². The number of nitrogens with one attached hydrogen (secondary N) is 3. The Bertz CT molecular complexity index is 483. The summed E-state index contributed by atoms with van der Waals surface area (Å²) in [6.45, 7) is 2.44. The molecule has 0 bridgehead atoms. The number of piperazine rings is 1. The Labute approximate surface area is 120 Å². The van der Waals surface area contributed by atoms with E-state index < -0.39 is 0 Å². The average Bonchev–Trinajstić information content (AvgIpc) is 2.39. The first kappa shape index (κ1) is 14.0. The minimum absolute atomic E-state index is 0.0806. The van der Waals surface area contributed by atoms with Crippen molar-refractivity contribution in [3.05, 3.63) is 34.3 Å². The number of hydrogen-bond acceptors (Lipinski definition) is 3. The van der Waals surface area contributed by atoms with Gasteiger partial charge in [-0.1, -0.05) is 34.1 Å². The number of carbonyl (C=O) groups is 2. The van der Waals surface area contributed by atoms with E-state index in [0.717, 1.165) is 10.0 Å². The maximum atomic E-state index is 12.1. The van der Waals surface area contributed by atoms with Crippen LogP contribution in [-0.4, -0.2) is 30.9 Å². The Hall–Kier alpha value is -1.40. The standard InChI is InChI=1S/C13H16BrN3O2/c1-8(9-4-2-3-5-10(9)14)17-13(19)11-6-16-12(18)7-15-11/h2-5,8,11,15H,6-7H2,1H3,(H,16,18)(H,17,19)/t8-,11?/m1/s1. The van der Waals surface area contributed by atoms with Gasteiger partial charge in [-0.3, -0.25) is 14.9 Å². The lowest BCUT2D eigenvalue weighted by Crippen LogP contribution is -2.58. The molecule has 1 aromatic rings. The second-order valence-corrected chi connectivity index (χ2v) is 5.34. The topological polar surface area (TPSA) is 70.2 Å². The molecule has 0 spiro atoms. The molecule has 6 heteroatoms. The molecule has 102 valence electrons. The molecule has 2 amide bonds. The molecule has 1 aliphatic rings. The third-order valence-electron chi connectivity index (χ3n) is 3.06. The highest BCUT2D eigenvalue weighted by Gasteiger charge is 2.25. The predicted octanol–water partition coefficient (Wildman–Crippen LogP) is 0.714. The normalized spacial score (nSPS) is 20.5. The van der Waals surface area contributed by atoms with E-state index in [4.69, 9.17) is 0 Å². The summed E-state index contributed by atoms with van der Waals surface area (Å²) in [5, 5.41) is 8.51. The Morgan fingerprint density at radius 1 is 1.47 bits per heavy atom. The van der Waals surface area contributed by atoms with Crippen LogP contribution in [0.25, 0.3) is 0 Å². The first-order valence-corrected chi connectivity index (χ1v) is 6.92. The van der Waals surface area contributed by atoms with Crippen molar-refractivity contribution in [3.8, 4) is 0 Å². The molecule has 1 unspecified atom stereocenters. The Balaban J connectivity index is 1.95. The summed E-state index contributed by atoms with van der Waals surface area (Å²) in [6.07, 6.45) is 0. The monoisotopic (exact) mass is 325 g/mol. The van der Waals surface area contributed by atoms with E-state index in [2.05, 4.69) is 31.9 Å². The van der Waals surface area contributed by atoms with Crippen LogP contribution in [0.15, 0.2) is 28.7 Å².